The molecule has 2 aliphatic heterocycles. The van der Waals surface area contributed by atoms with Crippen molar-refractivity contribution in [2.75, 3.05) is 46.8 Å². The van der Waals surface area contributed by atoms with Gasteiger partial charge in [0.15, 0.2) is 0 Å². The Morgan fingerprint density at radius 1 is 0.743 bits per heavy atom. The van der Waals surface area contributed by atoms with Gasteiger partial charge in [-0.25, -0.2) is 9.97 Å². The maximum absolute atomic E-state index is 13.0. The van der Waals surface area contributed by atoms with E-state index in [1.165, 1.54) is 0 Å². The van der Waals surface area contributed by atoms with Crippen LogP contribution in [0.1, 0.15) is 18.5 Å². The van der Waals surface area contributed by atoms with Crippen molar-refractivity contribution in [2.24, 2.45) is 22.9 Å². The first-order valence-electron chi connectivity index (χ1n) is 10.8. The monoisotopic (exact) mass is 519 g/mol. The first-order valence-corrected chi connectivity index (χ1v) is 10.8. The number of nitrogens with two attached hydrogens (primary N) is 4. The molecule has 17 heteroatoms. The lowest BCUT2D eigenvalue weighted by Crippen LogP contribution is -2.54. The van der Waals surface area contributed by atoms with Crippen LogP contribution in [0.3, 0.4) is 0 Å². The standard InChI is InChI=1S/C18H28F3N13.ClH/c19-18(20,21)13-1-2-26-14(27-13)31-32-15-28-16(33-5-9(22)3-10(23)6-33)30-17(29-15)34-7-11(24)4-12(25)8-34;/h1-2,9-12H,3-8,22-25H2,(H,26,27,31)(H,28,29,30,32);1H/t9-,10+,11-,12+;. The topological polar surface area (TPSA) is 199 Å². The van der Waals surface area contributed by atoms with Gasteiger partial charge >= 0.3 is 6.18 Å². The number of hydrazine groups is 1. The summed E-state index contributed by atoms with van der Waals surface area (Å²) in [6.45, 7) is 1.94. The quantitative estimate of drug-likeness (QED) is 0.270. The highest BCUT2D eigenvalue weighted by Gasteiger charge is 2.33. The van der Waals surface area contributed by atoms with Gasteiger partial charge in [0.1, 0.15) is 5.69 Å². The van der Waals surface area contributed by atoms with E-state index in [1.807, 2.05) is 9.80 Å². The number of aromatic nitrogens is 5. The van der Waals surface area contributed by atoms with Gasteiger partial charge in [0, 0.05) is 56.5 Å². The number of halogens is 4. The zero-order valence-corrected chi connectivity index (χ0v) is 19.5. The average Bonchev–Trinajstić information content (AvgIpc) is 2.76. The fraction of sp³-hybridized carbons (Fsp3) is 0.611. The van der Waals surface area contributed by atoms with E-state index in [2.05, 4.69) is 35.8 Å². The molecule has 2 aromatic heterocycles. The zero-order valence-electron chi connectivity index (χ0n) is 18.7. The van der Waals surface area contributed by atoms with Crippen LogP contribution in [0, 0.1) is 0 Å². The molecule has 4 rings (SSSR count). The van der Waals surface area contributed by atoms with Crippen LogP contribution in [0.5, 0.6) is 0 Å². The minimum absolute atomic E-state index is 0. The van der Waals surface area contributed by atoms with Gasteiger partial charge in [0.25, 0.3) is 0 Å². The van der Waals surface area contributed by atoms with Crippen molar-refractivity contribution in [1.29, 1.82) is 0 Å². The maximum Gasteiger partial charge on any atom is 0.433 e. The second-order valence-corrected chi connectivity index (χ2v) is 8.59. The molecule has 13 nitrogen and oxygen atoms in total. The predicted molar refractivity (Wildman–Crippen MR) is 127 cm³/mol. The summed E-state index contributed by atoms with van der Waals surface area (Å²) in [5, 5.41) is 0. The molecule has 35 heavy (non-hydrogen) atoms. The Balaban J connectivity index is 0.00000342. The highest BCUT2D eigenvalue weighted by atomic mass is 35.5. The summed E-state index contributed by atoms with van der Waals surface area (Å²) in [5.41, 5.74) is 28.6. The predicted octanol–water partition coefficient (Wildman–Crippen LogP) is -0.729. The molecule has 0 amide bonds. The van der Waals surface area contributed by atoms with Crippen LogP contribution < -0.4 is 43.6 Å². The second-order valence-electron chi connectivity index (χ2n) is 8.59. The molecule has 0 aliphatic carbocycles. The fourth-order valence-electron chi connectivity index (χ4n) is 4.07. The van der Waals surface area contributed by atoms with E-state index in [1.54, 1.807) is 0 Å². The third-order valence-electron chi connectivity index (χ3n) is 5.44. The van der Waals surface area contributed by atoms with Crippen molar-refractivity contribution in [2.45, 2.75) is 43.2 Å². The van der Waals surface area contributed by atoms with Crippen LogP contribution in [0.4, 0.5) is 37.0 Å². The molecule has 2 aliphatic rings. The van der Waals surface area contributed by atoms with Crippen LogP contribution in [-0.2, 0) is 6.18 Å². The van der Waals surface area contributed by atoms with Gasteiger partial charge in [0.2, 0.25) is 23.8 Å². The van der Waals surface area contributed by atoms with Crippen LogP contribution >= 0.6 is 12.4 Å². The van der Waals surface area contributed by atoms with Gasteiger partial charge in [-0.2, -0.15) is 28.1 Å². The highest BCUT2D eigenvalue weighted by molar-refractivity contribution is 5.85. The SMILES string of the molecule is Cl.N[C@@H]1C[C@H](N)CN(c2nc(NNc3nccc(C(F)(F)F)n3)nc(N3C[C@H](N)C[C@H](N)C3)n2)C1. The molecule has 0 spiro atoms. The lowest BCUT2D eigenvalue weighted by atomic mass is 10.0. The number of rotatable bonds is 5. The van der Waals surface area contributed by atoms with Crippen molar-refractivity contribution >= 4 is 36.2 Å². The summed E-state index contributed by atoms with van der Waals surface area (Å²) in [6, 6.07) is 0.140. The third kappa shape index (κ3) is 6.88. The van der Waals surface area contributed by atoms with Gasteiger partial charge in [-0.05, 0) is 18.9 Å². The van der Waals surface area contributed by atoms with E-state index >= 15 is 0 Å². The molecule has 194 valence electrons. The molecule has 10 N–H and O–H groups in total. The molecule has 2 saturated heterocycles. The Bertz CT molecular complexity index is 932. The Hall–Kier alpha value is -2.79. The number of anilines is 4. The van der Waals surface area contributed by atoms with Gasteiger partial charge in [-0.1, -0.05) is 0 Å². The largest absolute Gasteiger partial charge is 0.433 e. The van der Waals surface area contributed by atoms with E-state index in [9.17, 15) is 13.2 Å². The summed E-state index contributed by atoms with van der Waals surface area (Å²) in [5.74, 6) is 0.374. The number of hydrogen-bond acceptors (Lipinski definition) is 13. The van der Waals surface area contributed by atoms with Crippen molar-refractivity contribution < 1.29 is 13.2 Å². The molecule has 0 saturated carbocycles. The molecule has 0 radical (unpaired) electrons. The smallest absolute Gasteiger partial charge is 0.338 e. The molecule has 2 aromatic rings. The molecule has 0 aromatic carbocycles. The number of piperidine rings is 2. The third-order valence-corrected chi connectivity index (χ3v) is 5.44. The van der Waals surface area contributed by atoms with Gasteiger partial charge in [0.05, 0.1) is 0 Å². The van der Waals surface area contributed by atoms with Gasteiger partial charge in [-0.3, -0.25) is 10.9 Å². The normalized spacial score (nSPS) is 25.1. The Morgan fingerprint density at radius 2 is 1.20 bits per heavy atom. The summed E-state index contributed by atoms with van der Waals surface area (Å²) in [6.07, 6.45) is -2.27. The van der Waals surface area contributed by atoms with Crippen molar-refractivity contribution in [1.82, 2.24) is 24.9 Å². The lowest BCUT2D eigenvalue weighted by Gasteiger charge is -2.36. The number of alkyl halides is 3. The summed E-state index contributed by atoms with van der Waals surface area (Å²) >= 11 is 0. The Kier molecular flexibility index (Phi) is 8.32. The van der Waals surface area contributed by atoms with E-state index in [0.29, 0.717) is 50.9 Å². The van der Waals surface area contributed by atoms with Gasteiger partial charge < -0.3 is 32.7 Å². The summed E-state index contributed by atoms with van der Waals surface area (Å²) < 4.78 is 38.9. The zero-order chi connectivity index (χ0) is 24.5. The summed E-state index contributed by atoms with van der Waals surface area (Å²) in [4.78, 5) is 24.3. The number of nitrogens with one attached hydrogen (secondary N) is 2. The average molecular weight is 520 g/mol. The molecular formula is C18H29ClF3N13. The minimum Gasteiger partial charge on any atom is -0.338 e. The molecule has 0 bridgehead atoms. The number of nitrogens with zero attached hydrogens (tertiary/aromatic N) is 7. The van der Waals surface area contributed by atoms with Crippen molar-refractivity contribution in [3.63, 3.8) is 0 Å². The number of hydrogen-bond donors (Lipinski definition) is 6. The highest BCUT2D eigenvalue weighted by Crippen LogP contribution is 2.27. The van der Waals surface area contributed by atoms with E-state index in [0.717, 1.165) is 12.3 Å². The summed E-state index contributed by atoms with van der Waals surface area (Å²) in [7, 11) is 0. The van der Waals surface area contributed by atoms with Crippen LogP contribution in [-0.4, -0.2) is 75.3 Å². The Labute approximate surface area is 205 Å². The van der Waals surface area contributed by atoms with E-state index < -0.39 is 11.9 Å². The first kappa shape index (κ1) is 26.8. The fourth-order valence-corrected chi connectivity index (χ4v) is 4.07. The molecule has 2 fully saturated rings. The van der Waals surface area contributed by atoms with Crippen LogP contribution in [0.25, 0.3) is 0 Å². The van der Waals surface area contributed by atoms with Crippen LogP contribution in [0.15, 0.2) is 12.3 Å². The second kappa shape index (κ2) is 10.9. The molecular weight excluding hydrogens is 491 g/mol. The Morgan fingerprint density at radius 3 is 1.66 bits per heavy atom. The lowest BCUT2D eigenvalue weighted by molar-refractivity contribution is -0.141. The minimum atomic E-state index is -4.61. The van der Waals surface area contributed by atoms with Crippen LogP contribution in [0.2, 0.25) is 0 Å². The molecule has 0 unspecified atom stereocenters. The molecule has 4 heterocycles. The van der Waals surface area contributed by atoms with Gasteiger partial charge in [-0.15, -0.1) is 12.4 Å². The van der Waals surface area contributed by atoms with E-state index in [4.69, 9.17) is 22.9 Å². The van der Waals surface area contributed by atoms with Crippen molar-refractivity contribution in [3.8, 4) is 0 Å². The maximum atomic E-state index is 13.0. The van der Waals surface area contributed by atoms with E-state index in [-0.39, 0.29) is 48.5 Å². The van der Waals surface area contributed by atoms with Crippen molar-refractivity contribution in [3.05, 3.63) is 18.0 Å². The molecule has 4 atom stereocenters. The first-order chi connectivity index (χ1) is 16.1.